The van der Waals surface area contributed by atoms with Crippen LogP contribution in [0.25, 0.3) is 0 Å². The molecule has 0 aromatic heterocycles. The van der Waals surface area contributed by atoms with Crippen molar-refractivity contribution in [3.05, 3.63) is 0 Å². The number of hydrogen-bond acceptors (Lipinski definition) is 1. The van der Waals surface area contributed by atoms with E-state index in [4.69, 9.17) is 5.73 Å². The number of quaternary nitrogens is 1. The molecule has 2 rings (SSSR count). The fourth-order valence-corrected chi connectivity index (χ4v) is 3.58. The number of nitrogens with two attached hydrogens (primary N) is 2. The molecule has 5 unspecified atom stereocenters. The van der Waals surface area contributed by atoms with Crippen molar-refractivity contribution in [2.24, 2.45) is 17.6 Å². The third-order valence-corrected chi connectivity index (χ3v) is 4.62. The van der Waals surface area contributed by atoms with Crippen molar-refractivity contribution in [2.45, 2.75) is 64.1 Å². The second-order valence-corrected chi connectivity index (χ2v) is 5.31. The van der Waals surface area contributed by atoms with Crippen LogP contribution in [0, 0.1) is 11.8 Å². The Kier molecular flexibility index (Phi) is 3.13. The van der Waals surface area contributed by atoms with Crippen LogP contribution in [0.2, 0.25) is 0 Å². The van der Waals surface area contributed by atoms with E-state index in [1.165, 1.54) is 32.1 Å². The molecule has 0 amide bonds. The molecule has 1 aliphatic heterocycles. The van der Waals surface area contributed by atoms with Crippen LogP contribution in [-0.4, -0.2) is 18.1 Å². The molecule has 14 heavy (non-hydrogen) atoms. The lowest BCUT2D eigenvalue weighted by Gasteiger charge is -2.44. The molecule has 2 aliphatic rings. The standard InChI is InChI=1S/C12H24N2/c1-3-10-8(2)12(13)9-6-4-5-7-11(9)14-10/h8-12,14H,3-7,13H2,1-2H3/p+1. The molecule has 0 spiro atoms. The van der Waals surface area contributed by atoms with Gasteiger partial charge in [-0.25, -0.2) is 0 Å². The van der Waals surface area contributed by atoms with E-state index >= 15 is 0 Å². The number of piperidine rings is 1. The molecule has 0 aromatic carbocycles. The molecule has 4 N–H and O–H groups in total. The number of fused-ring (bicyclic) bond motifs is 1. The van der Waals surface area contributed by atoms with Gasteiger partial charge in [-0.15, -0.1) is 0 Å². The summed E-state index contributed by atoms with van der Waals surface area (Å²) in [4.78, 5) is 0. The van der Waals surface area contributed by atoms with E-state index in [9.17, 15) is 0 Å². The Balaban J connectivity index is 2.07. The molecule has 0 radical (unpaired) electrons. The monoisotopic (exact) mass is 197 g/mol. The van der Waals surface area contributed by atoms with Crippen LogP contribution in [0.3, 0.4) is 0 Å². The maximum Gasteiger partial charge on any atom is 0.0904 e. The predicted octanol–water partition coefficient (Wildman–Crippen LogP) is 0.864. The Bertz CT molecular complexity index is 191. The zero-order valence-corrected chi connectivity index (χ0v) is 9.58. The topological polar surface area (TPSA) is 42.6 Å². The number of hydrogen-bond donors (Lipinski definition) is 2. The lowest BCUT2D eigenvalue weighted by Crippen LogP contribution is -3.01. The molecule has 1 aliphatic carbocycles. The van der Waals surface area contributed by atoms with Crippen LogP contribution in [0.15, 0.2) is 0 Å². The summed E-state index contributed by atoms with van der Waals surface area (Å²) in [6.45, 7) is 4.65. The minimum Gasteiger partial charge on any atom is -0.341 e. The van der Waals surface area contributed by atoms with Crippen molar-refractivity contribution in [1.82, 2.24) is 0 Å². The van der Waals surface area contributed by atoms with Gasteiger partial charge in [-0.1, -0.05) is 20.3 Å². The van der Waals surface area contributed by atoms with Crippen LogP contribution in [0.5, 0.6) is 0 Å². The molecule has 1 heterocycles. The van der Waals surface area contributed by atoms with Gasteiger partial charge in [0.15, 0.2) is 0 Å². The highest BCUT2D eigenvalue weighted by Crippen LogP contribution is 2.31. The molecule has 1 saturated heterocycles. The van der Waals surface area contributed by atoms with E-state index in [1.807, 2.05) is 0 Å². The van der Waals surface area contributed by atoms with E-state index in [0.717, 1.165) is 18.0 Å². The van der Waals surface area contributed by atoms with E-state index < -0.39 is 0 Å². The van der Waals surface area contributed by atoms with Gasteiger partial charge in [0.05, 0.1) is 12.1 Å². The second-order valence-electron chi connectivity index (χ2n) is 5.31. The van der Waals surface area contributed by atoms with Gasteiger partial charge < -0.3 is 11.1 Å². The molecular weight excluding hydrogens is 172 g/mol. The second kappa shape index (κ2) is 4.19. The molecule has 0 bridgehead atoms. The minimum absolute atomic E-state index is 0.468. The van der Waals surface area contributed by atoms with E-state index in [2.05, 4.69) is 19.2 Å². The quantitative estimate of drug-likeness (QED) is 0.643. The van der Waals surface area contributed by atoms with Crippen molar-refractivity contribution >= 4 is 0 Å². The van der Waals surface area contributed by atoms with Crippen molar-refractivity contribution in [3.63, 3.8) is 0 Å². The van der Waals surface area contributed by atoms with Crippen LogP contribution in [0.4, 0.5) is 0 Å². The number of rotatable bonds is 1. The van der Waals surface area contributed by atoms with Gasteiger partial charge in [0.1, 0.15) is 0 Å². The lowest BCUT2D eigenvalue weighted by molar-refractivity contribution is -0.746. The smallest absolute Gasteiger partial charge is 0.0904 e. The largest absolute Gasteiger partial charge is 0.341 e. The van der Waals surface area contributed by atoms with Gasteiger partial charge >= 0.3 is 0 Å². The van der Waals surface area contributed by atoms with Crippen molar-refractivity contribution in [3.8, 4) is 0 Å². The fourth-order valence-electron chi connectivity index (χ4n) is 3.58. The summed E-state index contributed by atoms with van der Waals surface area (Å²) in [7, 11) is 0. The average Bonchev–Trinajstić information content (AvgIpc) is 2.23. The molecule has 2 nitrogen and oxygen atoms in total. The summed E-state index contributed by atoms with van der Waals surface area (Å²) in [5, 5.41) is 2.64. The zero-order chi connectivity index (χ0) is 10.1. The molecule has 2 heteroatoms. The van der Waals surface area contributed by atoms with Crippen LogP contribution < -0.4 is 11.1 Å². The maximum atomic E-state index is 6.38. The molecule has 1 saturated carbocycles. The molecule has 82 valence electrons. The summed E-state index contributed by atoms with van der Waals surface area (Å²) < 4.78 is 0. The first kappa shape index (κ1) is 10.4. The average molecular weight is 197 g/mol. The van der Waals surface area contributed by atoms with Gasteiger partial charge in [-0.3, -0.25) is 0 Å². The molecule has 5 atom stereocenters. The first-order valence-corrected chi connectivity index (χ1v) is 6.34. The highest BCUT2D eigenvalue weighted by molar-refractivity contribution is 4.91. The fraction of sp³-hybridized carbons (Fsp3) is 1.00. The molecular formula is C12H25N2+. The Morgan fingerprint density at radius 1 is 1.29 bits per heavy atom. The zero-order valence-electron chi connectivity index (χ0n) is 9.58. The molecule has 2 fully saturated rings. The van der Waals surface area contributed by atoms with E-state index in [-0.39, 0.29) is 0 Å². The van der Waals surface area contributed by atoms with Crippen LogP contribution >= 0.6 is 0 Å². The Labute approximate surface area is 87.6 Å². The van der Waals surface area contributed by atoms with E-state index in [0.29, 0.717) is 12.0 Å². The normalized spacial score (nSPS) is 48.6. The third kappa shape index (κ3) is 1.70. The van der Waals surface area contributed by atoms with Crippen molar-refractivity contribution in [1.29, 1.82) is 0 Å². The van der Waals surface area contributed by atoms with E-state index in [1.54, 1.807) is 0 Å². The van der Waals surface area contributed by atoms with Gasteiger partial charge in [-0.2, -0.15) is 0 Å². The van der Waals surface area contributed by atoms with Gasteiger partial charge in [-0.05, 0) is 25.7 Å². The Morgan fingerprint density at radius 3 is 2.71 bits per heavy atom. The summed E-state index contributed by atoms with van der Waals surface area (Å²) >= 11 is 0. The lowest BCUT2D eigenvalue weighted by atomic mass is 9.70. The summed E-state index contributed by atoms with van der Waals surface area (Å²) in [6, 6.07) is 2.10. The summed E-state index contributed by atoms with van der Waals surface area (Å²) in [5.74, 6) is 1.51. The van der Waals surface area contributed by atoms with Crippen LogP contribution in [-0.2, 0) is 0 Å². The molecule has 0 aromatic rings. The maximum absolute atomic E-state index is 6.38. The third-order valence-electron chi connectivity index (χ3n) is 4.62. The van der Waals surface area contributed by atoms with Gasteiger partial charge in [0, 0.05) is 17.9 Å². The highest BCUT2D eigenvalue weighted by atomic mass is 15.0. The van der Waals surface area contributed by atoms with Gasteiger partial charge in [0.25, 0.3) is 0 Å². The highest BCUT2D eigenvalue weighted by Gasteiger charge is 2.43. The Morgan fingerprint density at radius 2 is 2.00 bits per heavy atom. The Hall–Kier alpha value is -0.0800. The van der Waals surface area contributed by atoms with Crippen molar-refractivity contribution < 1.29 is 5.32 Å². The minimum atomic E-state index is 0.468. The van der Waals surface area contributed by atoms with Crippen LogP contribution in [0.1, 0.15) is 46.0 Å². The van der Waals surface area contributed by atoms with Gasteiger partial charge in [0.2, 0.25) is 0 Å². The first-order valence-electron chi connectivity index (χ1n) is 6.34. The summed E-state index contributed by atoms with van der Waals surface area (Å²) in [6.07, 6.45) is 6.89. The van der Waals surface area contributed by atoms with Crippen molar-refractivity contribution in [2.75, 3.05) is 0 Å². The first-order chi connectivity index (χ1) is 6.74. The SMILES string of the molecule is CCC1[NH2+]C2CCCCC2C(N)C1C. The predicted molar refractivity (Wildman–Crippen MR) is 58.9 cm³/mol. The summed E-state index contributed by atoms with van der Waals surface area (Å²) in [5.41, 5.74) is 6.38.